The molecule has 2 rings (SSSR count). The molecular formula is C14H21N. The summed E-state index contributed by atoms with van der Waals surface area (Å²) in [5.74, 6) is 0.893. The van der Waals surface area contributed by atoms with Gasteiger partial charge in [0.1, 0.15) is 0 Å². The van der Waals surface area contributed by atoms with Crippen LogP contribution in [0.4, 0.5) is 0 Å². The smallest absolute Gasteiger partial charge is 0.00989 e. The molecule has 1 saturated carbocycles. The fourth-order valence-corrected chi connectivity index (χ4v) is 2.15. The highest BCUT2D eigenvalue weighted by atomic mass is 15.0. The van der Waals surface area contributed by atoms with Crippen LogP contribution in [0.25, 0.3) is 0 Å². The summed E-state index contributed by atoms with van der Waals surface area (Å²) in [7, 11) is 0. The molecule has 1 aliphatic carbocycles. The summed E-state index contributed by atoms with van der Waals surface area (Å²) in [6, 6.07) is 10.1. The average molecular weight is 203 g/mol. The summed E-state index contributed by atoms with van der Waals surface area (Å²) in [6.07, 6.45) is 2.51. The molecule has 15 heavy (non-hydrogen) atoms. The average Bonchev–Trinajstić information content (AvgIpc) is 2.86. The van der Waals surface area contributed by atoms with Crippen LogP contribution in [-0.2, 0) is 6.42 Å². The number of hydrogen-bond donors (Lipinski definition) is 1. The lowest BCUT2D eigenvalue weighted by Crippen LogP contribution is -2.31. The van der Waals surface area contributed by atoms with Crippen LogP contribution in [0.3, 0.4) is 0 Å². The Labute approximate surface area is 92.9 Å². The third kappa shape index (κ3) is 2.82. The Hall–Kier alpha value is -0.820. The van der Waals surface area contributed by atoms with E-state index in [4.69, 9.17) is 0 Å². The van der Waals surface area contributed by atoms with Crippen LogP contribution in [0.5, 0.6) is 0 Å². The molecule has 1 N–H and O–H groups in total. The molecule has 0 spiro atoms. The van der Waals surface area contributed by atoms with Gasteiger partial charge in [0.25, 0.3) is 0 Å². The molecule has 1 aromatic rings. The molecule has 1 aromatic carbocycles. The maximum Gasteiger partial charge on any atom is 0.00989 e. The third-order valence-corrected chi connectivity index (χ3v) is 3.40. The molecule has 0 amide bonds. The van der Waals surface area contributed by atoms with Crippen molar-refractivity contribution in [2.45, 2.75) is 45.7 Å². The van der Waals surface area contributed by atoms with Crippen molar-refractivity contribution < 1.29 is 0 Å². The monoisotopic (exact) mass is 203 g/mol. The van der Waals surface area contributed by atoms with Crippen molar-refractivity contribution in [1.82, 2.24) is 5.32 Å². The van der Waals surface area contributed by atoms with Crippen LogP contribution in [0.2, 0.25) is 0 Å². The predicted molar refractivity (Wildman–Crippen MR) is 65.0 cm³/mol. The normalized spacial score (nSPS) is 26.3. The molecule has 3 atom stereocenters. The standard InChI is InChI=1S/C14H21N/c1-10-6-4-5-7-13(10)9-12(3)15-14-8-11(14)2/h4-7,11-12,14-15H,8-9H2,1-3H3. The lowest BCUT2D eigenvalue weighted by Gasteiger charge is -2.15. The van der Waals surface area contributed by atoms with E-state index in [1.807, 2.05) is 0 Å². The Morgan fingerprint density at radius 1 is 1.40 bits per heavy atom. The Bertz CT molecular complexity index is 332. The summed E-state index contributed by atoms with van der Waals surface area (Å²) in [5, 5.41) is 3.68. The highest BCUT2D eigenvalue weighted by molar-refractivity contribution is 5.26. The van der Waals surface area contributed by atoms with E-state index in [9.17, 15) is 0 Å². The molecule has 0 heterocycles. The van der Waals surface area contributed by atoms with Crippen molar-refractivity contribution in [3.63, 3.8) is 0 Å². The van der Waals surface area contributed by atoms with Crippen LogP contribution in [0.1, 0.15) is 31.4 Å². The summed E-state index contributed by atoms with van der Waals surface area (Å²) in [4.78, 5) is 0. The lowest BCUT2D eigenvalue weighted by atomic mass is 10.0. The van der Waals surface area contributed by atoms with Gasteiger partial charge in [-0.3, -0.25) is 0 Å². The predicted octanol–water partition coefficient (Wildman–Crippen LogP) is 2.92. The van der Waals surface area contributed by atoms with E-state index >= 15 is 0 Å². The molecule has 3 unspecified atom stereocenters. The van der Waals surface area contributed by atoms with Gasteiger partial charge in [-0.25, -0.2) is 0 Å². The molecule has 0 saturated heterocycles. The Morgan fingerprint density at radius 2 is 2.07 bits per heavy atom. The molecule has 0 aromatic heterocycles. The second-order valence-corrected chi connectivity index (χ2v) is 5.02. The Balaban J connectivity index is 1.88. The summed E-state index contributed by atoms with van der Waals surface area (Å²) < 4.78 is 0. The summed E-state index contributed by atoms with van der Waals surface area (Å²) in [5.41, 5.74) is 2.89. The second kappa shape index (κ2) is 4.36. The van der Waals surface area contributed by atoms with Crippen molar-refractivity contribution in [2.24, 2.45) is 5.92 Å². The highest BCUT2D eigenvalue weighted by Crippen LogP contribution is 2.29. The number of benzene rings is 1. The SMILES string of the molecule is Cc1ccccc1CC(C)NC1CC1C. The van der Waals surface area contributed by atoms with Crippen molar-refractivity contribution >= 4 is 0 Å². The number of nitrogens with one attached hydrogen (secondary N) is 1. The van der Waals surface area contributed by atoms with Crippen LogP contribution < -0.4 is 5.32 Å². The van der Waals surface area contributed by atoms with Gasteiger partial charge in [-0.15, -0.1) is 0 Å². The van der Waals surface area contributed by atoms with Gasteiger partial charge < -0.3 is 5.32 Å². The van der Waals surface area contributed by atoms with Gasteiger partial charge in [-0.1, -0.05) is 31.2 Å². The van der Waals surface area contributed by atoms with Gasteiger partial charge in [0.05, 0.1) is 0 Å². The van der Waals surface area contributed by atoms with Crippen LogP contribution in [-0.4, -0.2) is 12.1 Å². The van der Waals surface area contributed by atoms with E-state index in [1.165, 1.54) is 17.5 Å². The molecule has 1 aliphatic rings. The van der Waals surface area contributed by atoms with Gasteiger partial charge in [0, 0.05) is 12.1 Å². The third-order valence-electron chi connectivity index (χ3n) is 3.40. The largest absolute Gasteiger partial charge is 0.311 e. The highest BCUT2D eigenvalue weighted by Gasteiger charge is 2.32. The van der Waals surface area contributed by atoms with Crippen LogP contribution in [0.15, 0.2) is 24.3 Å². The molecule has 0 radical (unpaired) electrons. The van der Waals surface area contributed by atoms with E-state index in [0.29, 0.717) is 6.04 Å². The topological polar surface area (TPSA) is 12.0 Å². The first-order chi connectivity index (χ1) is 7.16. The Kier molecular flexibility index (Phi) is 3.11. The molecule has 1 fully saturated rings. The van der Waals surface area contributed by atoms with E-state index in [-0.39, 0.29) is 0 Å². The first kappa shape index (κ1) is 10.7. The van der Waals surface area contributed by atoms with Crippen LogP contribution >= 0.6 is 0 Å². The minimum absolute atomic E-state index is 0.598. The minimum atomic E-state index is 0.598. The van der Waals surface area contributed by atoms with Crippen molar-refractivity contribution in [3.8, 4) is 0 Å². The zero-order valence-corrected chi connectivity index (χ0v) is 9.96. The van der Waals surface area contributed by atoms with Gasteiger partial charge in [0.2, 0.25) is 0 Å². The van der Waals surface area contributed by atoms with E-state index in [0.717, 1.165) is 18.4 Å². The summed E-state index contributed by atoms with van der Waals surface area (Å²) in [6.45, 7) is 6.80. The first-order valence-corrected chi connectivity index (χ1v) is 5.97. The maximum absolute atomic E-state index is 3.68. The fourth-order valence-electron chi connectivity index (χ4n) is 2.15. The van der Waals surface area contributed by atoms with Crippen molar-refractivity contribution in [1.29, 1.82) is 0 Å². The van der Waals surface area contributed by atoms with Gasteiger partial charge in [0.15, 0.2) is 0 Å². The number of rotatable bonds is 4. The molecular weight excluding hydrogens is 182 g/mol. The molecule has 82 valence electrons. The second-order valence-electron chi connectivity index (χ2n) is 5.02. The zero-order valence-electron chi connectivity index (χ0n) is 9.96. The van der Waals surface area contributed by atoms with Crippen LogP contribution in [0, 0.1) is 12.8 Å². The fraction of sp³-hybridized carbons (Fsp3) is 0.571. The van der Waals surface area contributed by atoms with Crippen molar-refractivity contribution in [3.05, 3.63) is 35.4 Å². The quantitative estimate of drug-likeness (QED) is 0.793. The Morgan fingerprint density at radius 3 is 2.67 bits per heavy atom. The molecule has 0 aliphatic heterocycles. The van der Waals surface area contributed by atoms with Gasteiger partial charge in [-0.05, 0) is 43.7 Å². The lowest BCUT2D eigenvalue weighted by molar-refractivity contribution is 0.526. The van der Waals surface area contributed by atoms with E-state index in [2.05, 4.69) is 50.4 Å². The van der Waals surface area contributed by atoms with Gasteiger partial charge in [-0.2, -0.15) is 0 Å². The number of hydrogen-bond acceptors (Lipinski definition) is 1. The minimum Gasteiger partial charge on any atom is -0.311 e. The first-order valence-electron chi connectivity index (χ1n) is 5.97. The number of aryl methyl sites for hydroxylation is 1. The molecule has 0 bridgehead atoms. The zero-order chi connectivity index (χ0) is 10.8. The maximum atomic E-state index is 3.68. The van der Waals surface area contributed by atoms with E-state index < -0.39 is 0 Å². The van der Waals surface area contributed by atoms with Crippen molar-refractivity contribution in [2.75, 3.05) is 0 Å². The molecule has 1 heteroatoms. The van der Waals surface area contributed by atoms with E-state index in [1.54, 1.807) is 0 Å². The molecule has 1 nitrogen and oxygen atoms in total. The summed E-state index contributed by atoms with van der Waals surface area (Å²) >= 11 is 0. The van der Waals surface area contributed by atoms with Gasteiger partial charge >= 0.3 is 0 Å².